The van der Waals surface area contributed by atoms with Crippen molar-refractivity contribution in [2.45, 2.75) is 71.3 Å². The fourth-order valence-corrected chi connectivity index (χ4v) is 2.22. The number of nitrogens with zero attached hydrogens (tertiary/aromatic N) is 1. The molecule has 0 radical (unpaired) electrons. The molecule has 0 aliphatic carbocycles. The molecule has 0 aromatic rings. The second kappa shape index (κ2) is 12.4. The Kier molecular flexibility index (Phi) is 12.3. The third-order valence-electron chi connectivity index (χ3n) is 3.16. The van der Waals surface area contributed by atoms with Gasteiger partial charge in [-0.1, -0.05) is 51.9 Å². The van der Waals surface area contributed by atoms with Crippen molar-refractivity contribution in [3.05, 3.63) is 0 Å². The van der Waals surface area contributed by atoms with Gasteiger partial charge >= 0.3 is 0 Å². The Morgan fingerprint density at radius 3 is 1.94 bits per heavy atom. The predicted molar refractivity (Wildman–Crippen MR) is 78.6 cm³/mol. The summed E-state index contributed by atoms with van der Waals surface area (Å²) in [6.45, 7) is 6.87. The molecule has 1 atom stereocenters. The molecular formula is C15H34N2. The molecule has 0 bridgehead atoms. The highest BCUT2D eigenvalue weighted by molar-refractivity contribution is 4.63. The van der Waals surface area contributed by atoms with Crippen molar-refractivity contribution in [2.24, 2.45) is 0 Å². The third kappa shape index (κ3) is 13.9. The number of hydrogen-bond donors (Lipinski definition) is 1. The molecule has 0 aromatic carbocycles. The molecule has 0 aliphatic rings. The molecule has 0 amide bonds. The van der Waals surface area contributed by atoms with E-state index < -0.39 is 0 Å². The lowest BCUT2D eigenvalue weighted by Gasteiger charge is -2.18. The summed E-state index contributed by atoms with van der Waals surface area (Å²) in [6, 6.07) is 0.620. The quantitative estimate of drug-likeness (QED) is 0.525. The Balaban J connectivity index is 3.07. The normalized spacial score (nSPS) is 13.2. The van der Waals surface area contributed by atoms with E-state index in [4.69, 9.17) is 0 Å². The highest BCUT2D eigenvalue weighted by Gasteiger charge is 2.01. The summed E-state index contributed by atoms with van der Waals surface area (Å²) in [5, 5.41) is 3.58. The molecule has 0 rings (SSSR count). The Labute approximate surface area is 109 Å². The van der Waals surface area contributed by atoms with E-state index in [2.05, 4.69) is 38.2 Å². The minimum atomic E-state index is 0.620. The maximum atomic E-state index is 3.58. The molecule has 0 aromatic heterocycles. The van der Waals surface area contributed by atoms with Gasteiger partial charge in [-0.05, 0) is 34.0 Å². The number of nitrogens with one attached hydrogen (secondary N) is 1. The van der Waals surface area contributed by atoms with Crippen LogP contribution in [0.25, 0.3) is 0 Å². The third-order valence-corrected chi connectivity index (χ3v) is 3.16. The van der Waals surface area contributed by atoms with Crippen molar-refractivity contribution >= 4 is 0 Å². The maximum Gasteiger partial charge on any atom is 0.0166 e. The summed E-state index contributed by atoms with van der Waals surface area (Å²) in [7, 11) is 4.27. The highest BCUT2D eigenvalue weighted by atomic mass is 15.1. The zero-order chi connectivity index (χ0) is 12.9. The average molecular weight is 242 g/mol. The van der Waals surface area contributed by atoms with Crippen LogP contribution in [0.1, 0.15) is 65.2 Å². The van der Waals surface area contributed by atoms with Gasteiger partial charge in [0.15, 0.2) is 0 Å². The smallest absolute Gasteiger partial charge is 0.0166 e. The van der Waals surface area contributed by atoms with Gasteiger partial charge in [0.2, 0.25) is 0 Å². The zero-order valence-corrected chi connectivity index (χ0v) is 12.6. The minimum Gasteiger partial charge on any atom is -0.313 e. The number of rotatable bonds is 12. The maximum absolute atomic E-state index is 3.58. The SMILES string of the molecule is CCCCCCCCCCNC(C)CN(C)C. The second-order valence-corrected chi connectivity index (χ2v) is 5.59. The lowest BCUT2D eigenvalue weighted by molar-refractivity contribution is 0.348. The zero-order valence-electron chi connectivity index (χ0n) is 12.6. The largest absolute Gasteiger partial charge is 0.313 e. The van der Waals surface area contributed by atoms with Crippen molar-refractivity contribution < 1.29 is 0 Å². The van der Waals surface area contributed by atoms with E-state index in [1.54, 1.807) is 0 Å². The van der Waals surface area contributed by atoms with Crippen molar-refractivity contribution in [3.63, 3.8) is 0 Å². The van der Waals surface area contributed by atoms with Crippen molar-refractivity contribution in [1.82, 2.24) is 10.2 Å². The van der Waals surface area contributed by atoms with Crippen LogP contribution in [-0.2, 0) is 0 Å². The molecule has 0 fully saturated rings. The Hall–Kier alpha value is -0.0800. The van der Waals surface area contributed by atoms with E-state index in [1.807, 2.05) is 0 Å². The van der Waals surface area contributed by atoms with Crippen molar-refractivity contribution in [1.29, 1.82) is 0 Å². The monoisotopic (exact) mass is 242 g/mol. The molecule has 17 heavy (non-hydrogen) atoms. The molecule has 0 heterocycles. The molecule has 2 heteroatoms. The first-order valence-electron chi connectivity index (χ1n) is 7.55. The predicted octanol–water partition coefficient (Wildman–Crippen LogP) is 3.67. The van der Waals surface area contributed by atoms with Gasteiger partial charge in [-0.15, -0.1) is 0 Å². The van der Waals surface area contributed by atoms with E-state index in [-0.39, 0.29) is 0 Å². The van der Waals surface area contributed by atoms with Crippen LogP contribution in [0.4, 0.5) is 0 Å². The topological polar surface area (TPSA) is 15.3 Å². The number of likely N-dealkylation sites (N-methyl/N-ethyl adjacent to an activating group) is 1. The van der Waals surface area contributed by atoms with Gasteiger partial charge in [0, 0.05) is 12.6 Å². The van der Waals surface area contributed by atoms with Gasteiger partial charge in [0.25, 0.3) is 0 Å². The first-order valence-corrected chi connectivity index (χ1v) is 7.55. The fraction of sp³-hybridized carbons (Fsp3) is 1.00. The van der Waals surface area contributed by atoms with E-state index in [0.717, 1.165) is 6.54 Å². The average Bonchev–Trinajstić information content (AvgIpc) is 2.26. The first-order chi connectivity index (χ1) is 8.16. The van der Waals surface area contributed by atoms with E-state index in [0.29, 0.717) is 6.04 Å². The van der Waals surface area contributed by atoms with Gasteiger partial charge in [-0.2, -0.15) is 0 Å². The summed E-state index contributed by atoms with van der Waals surface area (Å²) in [5.74, 6) is 0. The molecular weight excluding hydrogens is 208 g/mol. The van der Waals surface area contributed by atoms with Crippen LogP contribution >= 0.6 is 0 Å². The summed E-state index contributed by atoms with van der Waals surface area (Å²) in [4.78, 5) is 2.24. The van der Waals surface area contributed by atoms with Crippen LogP contribution in [0.2, 0.25) is 0 Å². The Morgan fingerprint density at radius 1 is 0.882 bits per heavy atom. The molecule has 0 aliphatic heterocycles. The van der Waals surface area contributed by atoms with Gasteiger partial charge in [0.1, 0.15) is 0 Å². The lowest BCUT2D eigenvalue weighted by Crippen LogP contribution is -2.36. The van der Waals surface area contributed by atoms with Gasteiger partial charge in [-0.3, -0.25) is 0 Å². The van der Waals surface area contributed by atoms with Crippen molar-refractivity contribution in [2.75, 3.05) is 27.2 Å². The van der Waals surface area contributed by atoms with Crippen LogP contribution in [0.3, 0.4) is 0 Å². The Morgan fingerprint density at radius 2 is 1.41 bits per heavy atom. The molecule has 1 unspecified atom stereocenters. The van der Waals surface area contributed by atoms with Crippen LogP contribution in [-0.4, -0.2) is 38.1 Å². The number of hydrogen-bond acceptors (Lipinski definition) is 2. The highest BCUT2D eigenvalue weighted by Crippen LogP contribution is 2.07. The standard InChI is InChI=1S/C15H34N2/c1-5-6-7-8-9-10-11-12-13-16-15(2)14-17(3)4/h15-16H,5-14H2,1-4H3. The lowest BCUT2D eigenvalue weighted by atomic mass is 10.1. The number of unbranched alkanes of at least 4 members (excludes halogenated alkanes) is 7. The minimum absolute atomic E-state index is 0.620. The van der Waals surface area contributed by atoms with Crippen LogP contribution in [0, 0.1) is 0 Å². The Bertz CT molecular complexity index is 146. The van der Waals surface area contributed by atoms with Gasteiger partial charge in [-0.25, -0.2) is 0 Å². The summed E-state index contributed by atoms with van der Waals surface area (Å²) in [5.41, 5.74) is 0. The molecule has 104 valence electrons. The molecule has 0 spiro atoms. The summed E-state index contributed by atoms with van der Waals surface area (Å²) in [6.07, 6.45) is 11.3. The molecule has 2 nitrogen and oxygen atoms in total. The van der Waals surface area contributed by atoms with E-state index in [1.165, 1.54) is 57.9 Å². The van der Waals surface area contributed by atoms with E-state index >= 15 is 0 Å². The summed E-state index contributed by atoms with van der Waals surface area (Å²) >= 11 is 0. The van der Waals surface area contributed by atoms with Gasteiger partial charge in [0.05, 0.1) is 0 Å². The second-order valence-electron chi connectivity index (χ2n) is 5.59. The van der Waals surface area contributed by atoms with Crippen LogP contribution in [0.5, 0.6) is 0 Å². The summed E-state index contributed by atoms with van der Waals surface area (Å²) < 4.78 is 0. The fourth-order valence-electron chi connectivity index (χ4n) is 2.22. The van der Waals surface area contributed by atoms with Crippen molar-refractivity contribution in [3.8, 4) is 0 Å². The molecule has 0 saturated heterocycles. The molecule has 0 saturated carbocycles. The van der Waals surface area contributed by atoms with E-state index in [9.17, 15) is 0 Å². The van der Waals surface area contributed by atoms with Gasteiger partial charge < -0.3 is 10.2 Å². The first kappa shape index (κ1) is 16.9. The van der Waals surface area contributed by atoms with Crippen LogP contribution in [0.15, 0.2) is 0 Å². The van der Waals surface area contributed by atoms with Crippen LogP contribution < -0.4 is 5.32 Å². The molecule has 1 N–H and O–H groups in total.